The Hall–Kier alpha value is -0.955. The highest BCUT2D eigenvalue weighted by atomic mass is 16.3. The second-order valence-corrected chi connectivity index (χ2v) is 4.66. The van der Waals surface area contributed by atoms with Gasteiger partial charge in [0.2, 0.25) is 0 Å². The zero-order chi connectivity index (χ0) is 11.5. The predicted octanol–water partition coefficient (Wildman–Crippen LogP) is 1.11. The zero-order valence-electron chi connectivity index (χ0n) is 9.88. The molecule has 0 radical (unpaired) electrons. The van der Waals surface area contributed by atoms with Crippen LogP contribution in [0.15, 0.2) is 18.2 Å². The Morgan fingerprint density at radius 2 is 1.93 bits per heavy atom. The standard InChI is InChI=1S/C12H20BNO/c1-12(2,15)7-6-9-4-3-5-10(8-13)11(9)14/h3-5,15H,6-8,13-14H2,1-2H3. The van der Waals surface area contributed by atoms with Gasteiger partial charge in [0.05, 0.1) is 5.60 Å². The minimum absolute atomic E-state index is 0.616. The van der Waals surface area contributed by atoms with Crippen molar-refractivity contribution in [3.05, 3.63) is 29.3 Å². The van der Waals surface area contributed by atoms with Crippen molar-refractivity contribution in [2.75, 3.05) is 5.73 Å². The number of aliphatic hydroxyl groups is 1. The third-order valence-electron chi connectivity index (χ3n) is 2.67. The number of nitrogens with two attached hydrogens (primary N) is 1. The van der Waals surface area contributed by atoms with Crippen molar-refractivity contribution in [1.29, 1.82) is 0 Å². The second-order valence-electron chi connectivity index (χ2n) is 4.66. The highest BCUT2D eigenvalue weighted by Gasteiger charge is 2.13. The van der Waals surface area contributed by atoms with Crippen LogP contribution in [-0.4, -0.2) is 18.6 Å². The van der Waals surface area contributed by atoms with Crippen LogP contribution in [0.3, 0.4) is 0 Å². The molecule has 0 unspecified atom stereocenters. The van der Waals surface area contributed by atoms with Crippen LogP contribution in [0.4, 0.5) is 5.69 Å². The Morgan fingerprint density at radius 3 is 2.47 bits per heavy atom. The number of aryl methyl sites for hydroxylation is 1. The zero-order valence-corrected chi connectivity index (χ0v) is 9.88. The molecule has 1 aromatic rings. The van der Waals surface area contributed by atoms with E-state index in [0.29, 0.717) is 0 Å². The van der Waals surface area contributed by atoms with Crippen LogP contribution >= 0.6 is 0 Å². The third kappa shape index (κ3) is 3.59. The van der Waals surface area contributed by atoms with Gasteiger partial charge in [-0.3, -0.25) is 0 Å². The molecule has 0 amide bonds. The first-order chi connectivity index (χ1) is 6.94. The topological polar surface area (TPSA) is 46.2 Å². The lowest BCUT2D eigenvalue weighted by Gasteiger charge is -2.18. The summed E-state index contributed by atoms with van der Waals surface area (Å²) in [6.07, 6.45) is 2.54. The molecule has 0 heterocycles. The van der Waals surface area contributed by atoms with E-state index in [-0.39, 0.29) is 0 Å². The van der Waals surface area contributed by atoms with E-state index in [2.05, 4.69) is 13.9 Å². The highest BCUT2D eigenvalue weighted by molar-refractivity contribution is 6.08. The molecule has 3 N–H and O–H groups in total. The van der Waals surface area contributed by atoms with Gasteiger partial charge in [0.25, 0.3) is 0 Å². The third-order valence-corrected chi connectivity index (χ3v) is 2.67. The number of benzene rings is 1. The van der Waals surface area contributed by atoms with E-state index in [9.17, 15) is 5.11 Å². The Kier molecular flexibility index (Phi) is 3.80. The number of hydrogen-bond donors (Lipinski definition) is 2. The Morgan fingerprint density at radius 1 is 1.33 bits per heavy atom. The van der Waals surface area contributed by atoms with Crippen molar-refractivity contribution in [3.8, 4) is 0 Å². The molecule has 1 aromatic carbocycles. The molecular formula is C12H20BNO. The van der Waals surface area contributed by atoms with Crippen LogP contribution in [0, 0.1) is 0 Å². The van der Waals surface area contributed by atoms with E-state index in [1.165, 1.54) is 5.56 Å². The first-order valence-corrected chi connectivity index (χ1v) is 5.52. The van der Waals surface area contributed by atoms with Crippen LogP contribution in [0.5, 0.6) is 0 Å². The minimum atomic E-state index is -0.616. The molecular weight excluding hydrogens is 185 g/mol. The quantitative estimate of drug-likeness (QED) is 0.571. The number of hydrogen-bond acceptors (Lipinski definition) is 2. The monoisotopic (exact) mass is 205 g/mol. The van der Waals surface area contributed by atoms with Crippen molar-refractivity contribution in [1.82, 2.24) is 0 Å². The molecule has 0 atom stereocenters. The van der Waals surface area contributed by atoms with Gasteiger partial charge in [-0.25, -0.2) is 0 Å². The molecule has 3 heteroatoms. The van der Waals surface area contributed by atoms with E-state index < -0.39 is 5.60 Å². The number of para-hydroxylation sites is 1. The molecule has 0 saturated heterocycles. The molecule has 0 aliphatic rings. The summed E-state index contributed by atoms with van der Waals surface area (Å²) in [5, 5.41) is 9.66. The Balaban J connectivity index is 2.78. The van der Waals surface area contributed by atoms with Crippen LogP contribution in [-0.2, 0) is 12.7 Å². The lowest BCUT2D eigenvalue weighted by atomic mass is 9.91. The summed E-state index contributed by atoms with van der Waals surface area (Å²) in [5.41, 5.74) is 8.66. The highest BCUT2D eigenvalue weighted by Crippen LogP contribution is 2.21. The number of nitrogen functional groups attached to an aromatic ring is 1. The van der Waals surface area contributed by atoms with Crippen LogP contribution in [0.1, 0.15) is 31.4 Å². The van der Waals surface area contributed by atoms with Gasteiger partial charge in [0.15, 0.2) is 0 Å². The van der Waals surface area contributed by atoms with Gasteiger partial charge in [0.1, 0.15) is 7.85 Å². The van der Waals surface area contributed by atoms with Crippen molar-refractivity contribution in [2.24, 2.45) is 0 Å². The van der Waals surface area contributed by atoms with Gasteiger partial charge in [-0.05, 0) is 37.8 Å². The largest absolute Gasteiger partial charge is 0.398 e. The normalized spacial score (nSPS) is 11.7. The summed E-state index contributed by atoms with van der Waals surface area (Å²) in [5.74, 6) is 0. The lowest BCUT2D eigenvalue weighted by molar-refractivity contribution is 0.0714. The van der Waals surface area contributed by atoms with E-state index in [0.717, 1.165) is 30.4 Å². The Labute approximate surface area is 92.9 Å². The molecule has 0 spiro atoms. The summed E-state index contributed by atoms with van der Waals surface area (Å²) in [6, 6.07) is 6.14. The maximum atomic E-state index is 9.66. The van der Waals surface area contributed by atoms with Crippen molar-refractivity contribution < 1.29 is 5.11 Å². The molecule has 1 rings (SSSR count). The first kappa shape index (κ1) is 12.1. The molecule has 0 bridgehead atoms. The summed E-state index contributed by atoms with van der Waals surface area (Å²) in [7, 11) is 2.10. The molecule has 0 saturated carbocycles. The van der Waals surface area contributed by atoms with E-state index >= 15 is 0 Å². The fourth-order valence-electron chi connectivity index (χ4n) is 1.63. The lowest BCUT2D eigenvalue weighted by Crippen LogP contribution is -2.19. The van der Waals surface area contributed by atoms with E-state index in [1.807, 2.05) is 26.0 Å². The van der Waals surface area contributed by atoms with Gasteiger partial charge in [0, 0.05) is 5.69 Å². The smallest absolute Gasteiger partial charge is 0.107 e. The molecule has 82 valence electrons. The predicted molar refractivity (Wildman–Crippen MR) is 67.7 cm³/mol. The first-order valence-electron chi connectivity index (χ1n) is 5.52. The Bertz CT molecular complexity index is 331. The van der Waals surface area contributed by atoms with Gasteiger partial charge in [-0.1, -0.05) is 24.5 Å². The second kappa shape index (κ2) is 4.71. The fourth-order valence-corrected chi connectivity index (χ4v) is 1.63. The van der Waals surface area contributed by atoms with Gasteiger partial charge in [-0.15, -0.1) is 0 Å². The van der Waals surface area contributed by atoms with Crippen LogP contribution in [0.25, 0.3) is 0 Å². The average Bonchev–Trinajstić information content (AvgIpc) is 2.15. The molecule has 0 fully saturated rings. The maximum Gasteiger partial charge on any atom is 0.107 e. The SMILES string of the molecule is BCc1cccc(CCC(C)(C)O)c1N. The maximum absolute atomic E-state index is 9.66. The van der Waals surface area contributed by atoms with Crippen molar-refractivity contribution in [2.45, 2.75) is 38.6 Å². The summed E-state index contributed by atoms with van der Waals surface area (Å²) in [4.78, 5) is 0. The van der Waals surface area contributed by atoms with E-state index in [1.54, 1.807) is 0 Å². The summed E-state index contributed by atoms with van der Waals surface area (Å²) >= 11 is 0. The van der Waals surface area contributed by atoms with E-state index in [4.69, 9.17) is 5.73 Å². The average molecular weight is 205 g/mol. The minimum Gasteiger partial charge on any atom is -0.398 e. The molecule has 0 aliphatic carbocycles. The molecule has 0 aromatic heterocycles. The van der Waals surface area contributed by atoms with Crippen molar-refractivity contribution in [3.63, 3.8) is 0 Å². The van der Waals surface area contributed by atoms with Crippen molar-refractivity contribution >= 4 is 13.5 Å². The number of anilines is 1. The summed E-state index contributed by atoms with van der Waals surface area (Å²) < 4.78 is 0. The fraction of sp³-hybridized carbons (Fsp3) is 0.500. The summed E-state index contributed by atoms with van der Waals surface area (Å²) in [6.45, 7) is 3.65. The van der Waals surface area contributed by atoms with Gasteiger partial charge in [-0.2, -0.15) is 0 Å². The molecule has 2 nitrogen and oxygen atoms in total. The van der Waals surface area contributed by atoms with Gasteiger partial charge < -0.3 is 10.8 Å². The van der Waals surface area contributed by atoms with Gasteiger partial charge >= 0.3 is 0 Å². The molecule has 0 aliphatic heterocycles. The molecule has 15 heavy (non-hydrogen) atoms. The van der Waals surface area contributed by atoms with Crippen LogP contribution in [0.2, 0.25) is 0 Å². The van der Waals surface area contributed by atoms with Crippen LogP contribution < -0.4 is 5.73 Å². The number of rotatable bonds is 4.